The molecule has 8 heteroatoms. The summed E-state index contributed by atoms with van der Waals surface area (Å²) in [5.41, 5.74) is 2.16. The van der Waals surface area contributed by atoms with Crippen LogP contribution in [0, 0.1) is 13.8 Å². The van der Waals surface area contributed by atoms with Crippen LogP contribution in [0.1, 0.15) is 22.1 Å². The predicted molar refractivity (Wildman–Crippen MR) is 95.0 cm³/mol. The van der Waals surface area contributed by atoms with E-state index < -0.39 is 0 Å². The fraction of sp³-hybridized carbons (Fsp3) is 0.250. The lowest BCUT2D eigenvalue weighted by Crippen LogP contribution is -1.97. The van der Waals surface area contributed by atoms with Gasteiger partial charge in [0.05, 0.1) is 22.7 Å². The van der Waals surface area contributed by atoms with Crippen LogP contribution in [0.25, 0.3) is 14.8 Å². The number of hydrogen-bond acceptors (Lipinski definition) is 7. The lowest BCUT2D eigenvalue weighted by molar-refractivity contribution is 0.414. The summed E-state index contributed by atoms with van der Waals surface area (Å²) in [5, 5.41) is 15.2. The Labute approximate surface area is 146 Å². The first-order valence-corrected chi connectivity index (χ1v) is 9.06. The Kier molecular flexibility index (Phi) is 3.78. The molecular weight excluding hydrogens is 342 g/mol. The van der Waals surface area contributed by atoms with Gasteiger partial charge in [-0.2, -0.15) is 9.61 Å². The summed E-state index contributed by atoms with van der Waals surface area (Å²) >= 11 is 3.21. The molecule has 3 heterocycles. The second-order valence-corrected chi connectivity index (χ2v) is 7.55. The Hall–Kier alpha value is -2.32. The topological polar surface area (TPSA) is 65.2 Å². The van der Waals surface area contributed by atoms with Crippen LogP contribution in [0.2, 0.25) is 0 Å². The first kappa shape index (κ1) is 15.2. The Bertz CT molecular complexity index is 1000. The highest BCUT2D eigenvalue weighted by atomic mass is 32.1. The zero-order chi connectivity index (χ0) is 16.7. The maximum atomic E-state index is 5.19. The number of thiazole rings is 1. The van der Waals surface area contributed by atoms with E-state index in [9.17, 15) is 0 Å². The van der Waals surface area contributed by atoms with E-state index in [2.05, 4.69) is 15.2 Å². The maximum Gasteiger partial charge on any atom is 0.235 e. The number of fused-ring (bicyclic) bond motifs is 1. The first-order chi connectivity index (χ1) is 11.6. The quantitative estimate of drug-likeness (QED) is 0.559. The van der Waals surface area contributed by atoms with Crippen molar-refractivity contribution in [3.05, 3.63) is 46.4 Å². The van der Waals surface area contributed by atoms with Crippen molar-refractivity contribution in [1.82, 2.24) is 24.8 Å². The van der Waals surface area contributed by atoms with Gasteiger partial charge in [-0.3, -0.25) is 0 Å². The SMILES string of the molecule is COc1ccc(Cc2nnc3sc(-c4sc(C)nc4C)nn23)cc1. The summed E-state index contributed by atoms with van der Waals surface area (Å²) < 4.78 is 7.02. The molecule has 0 aliphatic heterocycles. The number of benzene rings is 1. The predicted octanol–water partition coefficient (Wildman–Crippen LogP) is 3.53. The third-order valence-corrected chi connectivity index (χ3v) is 5.80. The molecule has 0 aliphatic rings. The lowest BCUT2D eigenvalue weighted by atomic mass is 10.1. The molecular formula is C16H15N5OS2. The molecule has 0 unspecified atom stereocenters. The molecule has 0 radical (unpaired) electrons. The van der Waals surface area contributed by atoms with Crippen LogP contribution in [0.4, 0.5) is 0 Å². The van der Waals surface area contributed by atoms with Crippen molar-refractivity contribution in [2.75, 3.05) is 7.11 Å². The molecule has 4 rings (SSSR count). The number of nitrogens with zero attached hydrogens (tertiary/aromatic N) is 5. The molecule has 1 aromatic carbocycles. The number of rotatable bonds is 4. The largest absolute Gasteiger partial charge is 0.497 e. The molecule has 6 nitrogen and oxygen atoms in total. The van der Waals surface area contributed by atoms with E-state index in [1.807, 2.05) is 42.6 Å². The molecule has 0 saturated carbocycles. The lowest BCUT2D eigenvalue weighted by Gasteiger charge is -2.01. The molecule has 0 bridgehead atoms. The van der Waals surface area contributed by atoms with E-state index in [4.69, 9.17) is 9.84 Å². The summed E-state index contributed by atoms with van der Waals surface area (Å²) in [4.78, 5) is 6.39. The van der Waals surface area contributed by atoms with Gasteiger partial charge in [-0.15, -0.1) is 21.5 Å². The minimum atomic E-state index is 0.676. The fourth-order valence-electron chi connectivity index (χ4n) is 2.52. The third kappa shape index (κ3) is 2.67. The van der Waals surface area contributed by atoms with Gasteiger partial charge < -0.3 is 4.74 Å². The molecule has 4 aromatic rings. The van der Waals surface area contributed by atoms with Crippen LogP contribution >= 0.6 is 22.7 Å². The van der Waals surface area contributed by atoms with Crippen LogP contribution in [0.5, 0.6) is 5.75 Å². The van der Waals surface area contributed by atoms with Crippen molar-refractivity contribution >= 4 is 27.6 Å². The second kappa shape index (κ2) is 5.95. The summed E-state index contributed by atoms with van der Waals surface area (Å²) in [7, 11) is 1.66. The molecule has 0 fully saturated rings. The normalized spacial score (nSPS) is 11.3. The van der Waals surface area contributed by atoms with Crippen molar-refractivity contribution < 1.29 is 4.74 Å². The van der Waals surface area contributed by atoms with Crippen LogP contribution in [-0.4, -0.2) is 31.9 Å². The van der Waals surface area contributed by atoms with Crippen LogP contribution in [0.3, 0.4) is 0 Å². The highest BCUT2D eigenvalue weighted by Crippen LogP contribution is 2.33. The number of aryl methyl sites for hydroxylation is 2. The Morgan fingerprint density at radius 2 is 1.88 bits per heavy atom. The zero-order valence-corrected chi connectivity index (χ0v) is 15.1. The minimum absolute atomic E-state index is 0.676. The average molecular weight is 357 g/mol. The summed E-state index contributed by atoms with van der Waals surface area (Å²) in [6, 6.07) is 7.96. The smallest absolute Gasteiger partial charge is 0.235 e. The highest BCUT2D eigenvalue weighted by Gasteiger charge is 2.16. The zero-order valence-electron chi connectivity index (χ0n) is 13.5. The van der Waals surface area contributed by atoms with Gasteiger partial charge in [-0.05, 0) is 31.5 Å². The number of methoxy groups -OCH3 is 1. The molecule has 122 valence electrons. The van der Waals surface area contributed by atoms with E-state index in [0.717, 1.165) is 42.7 Å². The highest BCUT2D eigenvalue weighted by molar-refractivity contribution is 7.24. The Morgan fingerprint density at radius 1 is 1.08 bits per heavy atom. The molecule has 0 atom stereocenters. The summed E-state index contributed by atoms with van der Waals surface area (Å²) in [5.74, 6) is 1.67. The summed E-state index contributed by atoms with van der Waals surface area (Å²) in [6.45, 7) is 4.02. The van der Waals surface area contributed by atoms with Crippen molar-refractivity contribution in [2.45, 2.75) is 20.3 Å². The van der Waals surface area contributed by atoms with Gasteiger partial charge in [0, 0.05) is 6.42 Å². The van der Waals surface area contributed by atoms with Crippen molar-refractivity contribution in [2.24, 2.45) is 0 Å². The molecule has 3 aromatic heterocycles. The van der Waals surface area contributed by atoms with Crippen LogP contribution < -0.4 is 4.74 Å². The van der Waals surface area contributed by atoms with Gasteiger partial charge in [-0.25, -0.2) is 4.98 Å². The van der Waals surface area contributed by atoms with Crippen molar-refractivity contribution in [3.8, 4) is 15.6 Å². The van der Waals surface area contributed by atoms with Gasteiger partial charge >= 0.3 is 0 Å². The van der Waals surface area contributed by atoms with E-state index in [0.29, 0.717) is 6.42 Å². The van der Waals surface area contributed by atoms with Gasteiger partial charge in [0.2, 0.25) is 4.96 Å². The van der Waals surface area contributed by atoms with Crippen molar-refractivity contribution in [1.29, 1.82) is 0 Å². The van der Waals surface area contributed by atoms with E-state index in [1.54, 1.807) is 29.8 Å². The minimum Gasteiger partial charge on any atom is -0.497 e. The average Bonchev–Trinajstić information content (AvgIpc) is 3.23. The molecule has 24 heavy (non-hydrogen) atoms. The monoisotopic (exact) mass is 357 g/mol. The Morgan fingerprint density at radius 3 is 2.54 bits per heavy atom. The summed E-state index contributed by atoms with van der Waals surface area (Å²) in [6.07, 6.45) is 0.676. The standard InChI is InChI=1S/C16H15N5OS2/c1-9-14(23-10(2)17-9)15-20-21-13(18-19-16(21)24-15)8-11-4-6-12(22-3)7-5-11/h4-7H,8H2,1-3H3. The van der Waals surface area contributed by atoms with Crippen LogP contribution in [-0.2, 0) is 6.42 Å². The Balaban J connectivity index is 1.68. The van der Waals surface area contributed by atoms with Gasteiger partial charge in [-0.1, -0.05) is 23.5 Å². The molecule has 0 N–H and O–H groups in total. The van der Waals surface area contributed by atoms with E-state index >= 15 is 0 Å². The first-order valence-electron chi connectivity index (χ1n) is 7.42. The van der Waals surface area contributed by atoms with Crippen molar-refractivity contribution in [3.63, 3.8) is 0 Å². The molecule has 0 saturated heterocycles. The maximum absolute atomic E-state index is 5.19. The third-order valence-electron chi connectivity index (χ3n) is 3.67. The molecule has 0 aliphatic carbocycles. The van der Waals surface area contributed by atoms with E-state index in [1.165, 1.54) is 0 Å². The van der Waals surface area contributed by atoms with Crippen LogP contribution in [0.15, 0.2) is 24.3 Å². The number of ether oxygens (including phenoxy) is 1. The van der Waals surface area contributed by atoms with E-state index in [-0.39, 0.29) is 0 Å². The fourth-order valence-corrected chi connectivity index (χ4v) is 4.41. The second-order valence-electron chi connectivity index (χ2n) is 5.39. The van der Waals surface area contributed by atoms with Gasteiger partial charge in [0.25, 0.3) is 0 Å². The number of hydrogen-bond donors (Lipinski definition) is 0. The number of aromatic nitrogens is 5. The molecule has 0 spiro atoms. The molecule has 0 amide bonds. The van der Waals surface area contributed by atoms with Gasteiger partial charge in [0.1, 0.15) is 5.75 Å². The van der Waals surface area contributed by atoms with Gasteiger partial charge in [0.15, 0.2) is 10.8 Å².